The highest BCUT2D eigenvalue weighted by Crippen LogP contribution is 2.32. The Bertz CT molecular complexity index is 1190. The van der Waals surface area contributed by atoms with E-state index < -0.39 is 12.0 Å². The number of nitrogens with zero attached hydrogens (tertiary/aromatic N) is 4. The van der Waals surface area contributed by atoms with Gasteiger partial charge >= 0.3 is 12.0 Å². The molecule has 0 bridgehead atoms. The van der Waals surface area contributed by atoms with Gasteiger partial charge in [0.2, 0.25) is 5.16 Å². The third-order valence-electron chi connectivity index (χ3n) is 5.09. The molecule has 2 heterocycles. The Labute approximate surface area is 189 Å². The van der Waals surface area contributed by atoms with Crippen LogP contribution in [0.1, 0.15) is 22.7 Å². The van der Waals surface area contributed by atoms with Gasteiger partial charge in [-0.05, 0) is 47.5 Å². The molecule has 32 heavy (non-hydrogen) atoms. The third-order valence-corrected chi connectivity index (χ3v) is 6.04. The van der Waals surface area contributed by atoms with E-state index >= 15 is 0 Å². The molecule has 1 aliphatic heterocycles. The summed E-state index contributed by atoms with van der Waals surface area (Å²) in [6, 6.07) is 14.4. The molecule has 0 fully saturated rings. The average molecular weight is 451 g/mol. The Morgan fingerprint density at radius 2 is 1.97 bits per heavy atom. The highest BCUT2D eigenvalue weighted by Gasteiger charge is 2.34. The third kappa shape index (κ3) is 4.35. The molecule has 0 unspecified atom stereocenters. The van der Waals surface area contributed by atoms with Gasteiger partial charge in [0.15, 0.2) is 0 Å². The van der Waals surface area contributed by atoms with Crippen molar-refractivity contribution in [2.45, 2.75) is 25.0 Å². The number of aromatic nitrogens is 4. The standard InChI is InChI=1S/C22H22N6O3S/c1-13-9-10-14(2)16(11-13)19-18(20(29)31-3)17(23-21(30)24-19)12-32-22-25-26-27-28(22)15-7-5-4-6-8-15/h4-11,19H,12H2,1-3H3,(H2,23,24,30)/t19-/m1/s1. The van der Waals surface area contributed by atoms with Crippen molar-refractivity contribution in [2.24, 2.45) is 0 Å². The maximum absolute atomic E-state index is 12.8. The topological polar surface area (TPSA) is 111 Å². The summed E-state index contributed by atoms with van der Waals surface area (Å²) in [6.07, 6.45) is 0. The van der Waals surface area contributed by atoms with E-state index in [4.69, 9.17) is 4.74 Å². The molecule has 0 saturated carbocycles. The number of nitrogens with one attached hydrogen (secondary N) is 2. The zero-order valence-corrected chi connectivity index (χ0v) is 18.6. The summed E-state index contributed by atoms with van der Waals surface area (Å²) < 4.78 is 6.67. The number of aryl methyl sites for hydroxylation is 2. The van der Waals surface area contributed by atoms with E-state index in [0.717, 1.165) is 22.4 Å². The van der Waals surface area contributed by atoms with Gasteiger partial charge in [-0.1, -0.05) is 53.7 Å². The molecule has 2 aromatic carbocycles. The lowest BCUT2D eigenvalue weighted by molar-refractivity contribution is -0.136. The van der Waals surface area contributed by atoms with E-state index in [1.807, 2.05) is 62.4 Å². The van der Waals surface area contributed by atoms with Crippen LogP contribution in [-0.2, 0) is 9.53 Å². The summed E-state index contributed by atoms with van der Waals surface area (Å²) in [6.45, 7) is 3.91. The molecule has 0 radical (unpaired) electrons. The van der Waals surface area contributed by atoms with Crippen molar-refractivity contribution >= 4 is 23.8 Å². The number of para-hydroxylation sites is 1. The second-order valence-corrected chi connectivity index (χ2v) is 8.22. The van der Waals surface area contributed by atoms with Crippen LogP contribution >= 0.6 is 11.8 Å². The van der Waals surface area contributed by atoms with Crippen molar-refractivity contribution in [3.63, 3.8) is 0 Å². The summed E-state index contributed by atoms with van der Waals surface area (Å²) in [7, 11) is 1.33. The zero-order valence-electron chi connectivity index (χ0n) is 17.8. The number of esters is 1. The van der Waals surface area contributed by atoms with E-state index in [9.17, 15) is 9.59 Å². The van der Waals surface area contributed by atoms with Crippen LogP contribution in [0.25, 0.3) is 5.69 Å². The predicted molar refractivity (Wildman–Crippen MR) is 119 cm³/mol. The maximum atomic E-state index is 12.8. The van der Waals surface area contributed by atoms with Gasteiger partial charge in [0.25, 0.3) is 0 Å². The second kappa shape index (κ2) is 9.23. The summed E-state index contributed by atoms with van der Waals surface area (Å²) in [5.41, 5.74) is 4.46. The SMILES string of the molecule is COC(=O)C1=C(CSc2nnnn2-c2ccccc2)NC(=O)N[C@@H]1c1cc(C)ccc1C. The number of hydrogen-bond donors (Lipinski definition) is 2. The smallest absolute Gasteiger partial charge is 0.338 e. The van der Waals surface area contributed by atoms with E-state index in [1.165, 1.54) is 18.9 Å². The van der Waals surface area contributed by atoms with Crippen molar-refractivity contribution in [1.82, 2.24) is 30.8 Å². The molecule has 0 aliphatic carbocycles. The Morgan fingerprint density at radius 3 is 2.72 bits per heavy atom. The Kier molecular flexibility index (Phi) is 6.22. The van der Waals surface area contributed by atoms with Crippen LogP contribution < -0.4 is 10.6 Å². The monoisotopic (exact) mass is 450 g/mol. The Balaban J connectivity index is 1.70. The van der Waals surface area contributed by atoms with Crippen LogP contribution in [-0.4, -0.2) is 45.1 Å². The molecule has 1 atom stereocenters. The number of methoxy groups -OCH3 is 1. The highest BCUT2D eigenvalue weighted by atomic mass is 32.2. The van der Waals surface area contributed by atoms with E-state index in [1.54, 1.807) is 4.68 Å². The molecule has 4 rings (SSSR count). The van der Waals surface area contributed by atoms with Crippen LogP contribution in [0.15, 0.2) is 65.0 Å². The minimum absolute atomic E-state index is 0.270. The molecule has 2 N–H and O–H groups in total. The number of tetrazole rings is 1. The van der Waals surface area contributed by atoms with Crippen molar-refractivity contribution in [3.05, 3.63) is 76.5 Å². The number of carbonyl (C=O) groups is 2. The van der Waals surface area contributed by atoms with E-state index in [2.05, 4.69) is 26.2 Å². The first-order valence-electron chi connectivity index (χ1n) is 9.90. The van der Waals surface area contributed by atoms with Gasteiger partial charge in [0, 0.05) is 11.4 Å². The minimum Gasteiger partial charge on any atom is -0.466 e. The second-order valence-electron chi connectivity index (χ2n) is 7.27. The van der Waals surface area contributed by atoms with Gasteiger partial charge in [0.1, 0.15) is 0 Å². The van der Waals surface area contributed by atoms with Gasteiger partial charge in [-0.25, -0.2) is 9.59 Å². The molecule has 164 valence electrons. The first-order valence-corrected chi connectivity index (χ1v) is 10.9. The molecule has 1 aromatic heterocycles. The van der Waals surface area contributed by atoms with E-state index in [-0.39, 0.29) is 11.8 Å². The summed E-state index contributed by atoms with van der Waals surface area (Å²) in [5, 5.41) is 18.1. The fourth-order valence-corrected chi connectivity index (χ4v) is 4.38. The Hall–Kier alpha value is -3.66. The molecule has 0 spiro atoms. The molecule has 0 saturated heterocycles. The van der Waals surface area contributed by atoms with Crippen molar-refractivity contribution in [2.75, 3.05) is 12.9 Å². The van der Waals surface area contributed by atoms with Crippen LogP contribution in [0.4, 0.5) is 4.79 Å². The fourth-order valence-electron chi connectivity index (χ4n) is 3.52. The van der Waals surface area contributed by atoms with Crippen molar-refractivity contribution < 1.29 is 14.3 Å². The molecule has 10 heteroatoms. The average Bonchev–Trinajstić information content (AvgIpc) is 3.27. The number of hydrogen-bond acceptors (Lipinski definition) is 7. The van der Waals surface area contributed by atoms with E-state index in [0.29, 0.717) is 16.4 Å². The number of rotatable bonds is 6. The van der Waals surface area contributed by atoms with Crippen molar-refractivity contribution in [1.29, 1.82) is 0 Å². The number of carbonyl (C=O) groups excluding carboxylic acids is 2. The lowest BCUT2D eigenvalue weighted by atomic mass is 9.91. The number of urea groups is 1. The molecule has 9 nitrogen and oxygen atoms in total. The van der Waals surface area contributed by atoms with Gasteiger partial charge in [0.05, 0.1) is 24.4 Å². The fraction of sp³-hybridized carbons (Fsp3) is 0.227. The largest absolute Gasteiger partial charge is 0.466 e. The summed E-state index contributed by atoms with van der Waals surface area (Å²) in [4.78, 5) is 25.3. The predicted octanol–water partition coefficient (Wildman–Crippen LogP) is 2.85. The number of thioether (sulfide) groups is 1. The molecular formula is C22H22N6O3S. The highest BCUT2D eigenvalue weighted by molar-refractivity contribution is 7.99. The van der Waals surface area contributed by atoms with Crippen LogP contribution in [0.3, 0.4) is 0 Å². The lowest BCUT2D eigenvalue weighted by Crippen LogP contribution is -2.46. The van der Waals surface area contributed by atoms with Gasteiger partial charge in [-0.3, -0.25) is 0 Å². The summed E-state index contributed by atoms with van der Waals surface area (Å²) >= 11 is 1.31. The molecular weight excluding hydrogens is 428 g/mol. The summed E-state index contributed by atoms with van der Waals surface area (Å²) in [5.74, 6) is -0.242. The first-order chi connectivity index (χ1) is 15.5. The van der Waals surface area contributed by atoms with Crippen molar-refractivity contribution in [3.8, 4) is 5.69 Å². The minimum atomic E-state index is -0.628. The Morgan fingerprint density at radius 1 is 1.19 bits per heavy atom. The quantitative estimate of drug-likeness (QED) is 0.439. The number of benzene rings is 2. The zero-order chi connectivity index (χ0) is 22.7. The van der Waals surface area contributed by atoms with Gasteiger partial charge in [-0.2, -0.15) is 4.68 Å². The normalized spacial score (nSPS) is 15.8. The maximum Gasteiger partial charge on any atom is 0.338 e. The van der Waals surface area contributed by atoms with Gasteiger partial charge < -0.3 is 15.4 Å². The number of ether oxygens (including phenoxy) is 1. The van der Waals surface area contributed by atoms with Crippen LogP contribution in [0, 0.1) is 13.8 Å². The number of amides is 2. The molecule has 2 amide bonds. The molecule has 3 aromatic rings. The van der Waals surface area contributed by atoms with Gasteiger partial charge in [-0.15, -0.1) is 5.10 Å². The van der Waals surface area contributed by atoms with Crippen LogP contribution in [0.2, 0.25) is 0 Å². The first kappa shape index (κ1) is 21.6. The van der Waals surface area contributed by atoms with Crippen LogP contribution in [0.5, 0.6) is 0 Å². The lowest BCUT2D eigenvalue weighted by Gasteiger charge is -2.30. The molecule has 1 aliphatic rings.